The van der Waals surface area contributed by atoms with E-state index in [2.05, 4.69) is 24.9 Å². The minimum absolute atomic E-state index is 0.0120. The molecule has 0 aromatic carbocycles. The molecule has 3 rings (SSSR count). The monoisotopic (exact) mass is 327 g/mol. The molecule has 5 nitrogen and oxygen atoms in total. The molecule has 5 heteroatoms. The van der Waals surface area contributed by atoms with Crippen molar-refractivity contribution in [2.24, 2.45) is 0 Å². The van der Waals surface area contributed by atoms with E-state index < -0.39 is 0 Å². The number of nitriles is 1. The molecule has 24 heavy (non-hydrogen) atoms. The minimum Gasteiger partial charge on any atom is -0.467 e. The largest absolute Gasteiger partial charge is 0.467 e. The maximum atomic E-state index is 12.2. The van der Waals surface area contributed by atoms with Crippen LogP contribution in [0.3, 0.4) is 0 Å². The zero-order valence-corrected chi connectivity index (χ0v) is 14.6. The molecule has 0 bridgehead atoms. The van der Waals surface area contributed by atoms with E-state index in [1.165, 1.54) is 5.56 Å². The summed E-state index contributed by atoms with van der Waals surface area (Å²) in [4.78, 5) is 18.7. The van der Waals surface area contributed by atoms with Gasteiger partial charge in [0.05, 0.1) is 5.69 Å². The fourth-order valence-electron chi connectivity index (χ4n) is 3.71. The molecule has 2 aliphatic rings. The summed E-state index contributed by atoms with van der Waals surface area (Å²) in [5.74, 6) is 0.609. The maximum absolute atomic E-state index is 12.2. The zero-order chi connectivity index (χ0) is 17.1. The molecule has 0 radical (unpaired) electrons. The smallest absolute Gasteiger partial charge is 0.260 e. The average Bonchev–Trinajstić information content (AvgIpc) is 3.13. The van der Waals surface area contributed by atoms with Crippen LogP contribution in [0.1, 0.15) is 67.8 Å². The van der Waals surface area contributed by atoms with Gasteiger partial charge in [-0.05, 0) is 55.6 Å². The van der Waals surface area contributed by atoms with Crippen LogP contribution >= 0.6 is 0 Å². The first-order chi connectivity index (χ1) is 11.6. The molecule has 128 valence electrons. The van der Waals surface area contributed by atoms with Crippen LogP contribution in [-0.4, -0.2) is 35.5 Å². The highest BCUT2D eigenvalue weighted by atomic mass is 16.5. The number of rotatable bonds is 4. The second kappa shape index (κ2) is 7.21. The SMILES string of the molecule is CC(C)c1nc(OCC(=O)N2CCCC2)c(C#N)c2c1CCCC2. The van der Waals surface area contributed by atoms with Crippen LogP contribution in [0.2, 0.25) is 0 Å². The molecular weight excluding hydrogens is 302 g/mol. The van der Waals surface area contributed by atoms with Gasteiger partial charge in [-0.25, -0.2) is 4.98 Å². The Morgan fingerprint density at radius 1 is 1.21 bits per heavy atom. The maximum Gasteiger partial charge on any atom is 0.260 e. The van der Waals surface area contributed by atoms with Gasteiger partial charge < -0.3 is 9.64 Å². The first kappa shape index (κ1) is 16.8. The Hall–Kier alpha value is -2.09. The van der Waals surface area contributed by atoms with E-state index in [-0.39, 0.29) is 18.4 Å². The summed E-state index contributed by atoms with van der Waals surface area (Å²) in [6.07, 6.45) is 6.24. The standard InChI is InChI=1S/C19H25N3O2/c1-13(2)18-15-8-4-3-7-14(15)16(11-20)19(21-18)24-12-17(23)22-9-5-6-10-22/h13H,3-10,12H2,1-2H3. The summed E-state index contributed by atoms with van der Waals surface area (Å²) in [7, 11) is 0. The highest BCUT2D eigenvalue weighted by Gasteiger charge is 2.25. The summed E-state index contributed by atoms with van der Waals surface area (Å²) >= 11 is 0. The second-order valence-corrected chi connectivity index (χ2v) is 6.98. The van der Waals surface area contributed by atoms with Gasteiger partial charge in [-0.3, -0.25) is 4.79 Å². The number of nitrogens with zero attached hydrogens (tertiary/aromatic N) is 3. The van der Waals surface area contributed by atoms with Gasteiger partial charge >= 0.3 is 0 Å². The number of ether oxygens (including phenoxy) is 1. The molecule has 1 aliphatic carbocycles. The molecule has 0 atom stereocenters. The Balaban J connectivity index is 1.87. The van der Waals surface area contributed by atoms with Crippen LogP contribution in [-0.2, 0) is 17.6 Å². The highest BCUT2D eigenvalue weighted by molar-refractivity contribution is 5.78. The predicted octanol–water partition coefficient (Wildman–Crippen LogP) is 2.96. The van der Waals surface area contributed by atoms with Crippen LogP contribution in [0.15, 0.2) is 0 Å². The molecule has 0 N–H and O–H groups in total. The van der Waals surface area contributed by atoms with E-state index in [0.29, 0.717) is 11.4 Å². The number of carbonyl (C=O) groups is 1. The zero-order valence-electron chi connectivity index (χ0n) is 14.6. The van der Waals surface area contributed by atoms with Crippen molar-refractivity contribution in [3.63, 3.8) is 0 Å². The van der Waals surface area contributed by atoms with Gasteiger partial charge in [-0.15, -0.1) is 0 Å². The van der Waals surface area contributed by atoms with Crippen molar-refractivity contribution in [2.75, 3.05) is 19.7 Å². The number of amides is 1. The van der Waals surface area contributed by atoms with Gasteiger partial charge in [0.2, 0.25) is 5.88 Å². The topological polar surface area (TPSA) is 66.2 Å². The third kappa shape index (κ3) is 3.24. The quantitative estimate of drug-likeness (QED) is 0.853. The van der Waals surface area contributed by atoms with Gasteiger partial charge in [0, 0.05) is 13.1 Å². The third-order valence-electron chi connectivity index (χ3n) is 4.96. The normalized spacial score (nSPS) is 16.8. The van der Waals surface area contributed by atoms with E-state index >= 15 is 0 Å². The summed E-state index contributed by atoms with van der Waals surface area (Å²) in [5.41, 5.74) is 3.87. The van der Waals surface area contributed by atoms with E-state index in [4.69, 9.17) is 4.74 Å². The van der Waals surface area contributed by atoms with Crippen molar-refractivity contribution in [3.05, 3.63) is 22.4 Å². The van der Waals surface area contributed by atoms with Crippen molar-refractivity contribution < 1.29 is 9.53 Å². The van der Waals surface area contributed by atoms with Gasteiger partial charge in [-0.2, -0.15) is 5.26 Å². The fourth-order valence-corrected chi connectivity index (χ4v) is 3.71. The minimum atomic E-state index is -0.0298. The van der Waals surface area contributed by atoms with Crippen LogP contribution in [0.5, 0.6) is 5.88 Å². The second-order valence-electron chi connectivity index (χ2n) is 6.98. The highest BCUT2D eigenvalue weighted by Crippen LogP contribution is 2.34. The lowest BCUT2D eigenvalue weighted by Crippen LogP contribution is -2.32. The Kier molecular flexibility index (Phi) is 5.03. The Morgan fingerprint density at radius 3 is 2.50 bits per heavy atom. The number of hydrogen-bond acceptors (Lipinski definition) is 4. The van der Waals surface area contributed by atoms with Crippen molar-refractivity contribution in [1.82, 2.24) is 9.88 Å². The molecule has 1 amide bonds. The van der Waals surface area contributed by atoms with Crippen LogP contribution in [0, 0.1) is 11.3 Å². The first-order valence-electron chi connectivity index (χ1n) is 8.98. The van der Waals surface area contributed by atoms with Gasteiger partial charge in [0.1, 0.15) is 11.6 Å². The molecule has 2 heterocycles. The summed E-state index contributed by atoms with van der Waals surface area (Å²) < 4.78 is 5.73. The molecule has 0 spiro atoms. The van der Waals surface area contributed by atoms with Gasteiger partial charge in [0.15, 0.2) is 6.61 Å². The van der Waals surface area contributed by atoms with E-state index in [0.717, 1.165) is 62.9 Å². The summed E-state index contributed by atoms with van der Waals surface area (Å²) in [5, 5.41) is 9.62. The van der Waals surface area contributed by atoms with Gasteiger partial charge in [0.25, 0.3) is 5.91 Å². The van der Waals surface area contributed by atoms with Crippen molar-refractivity contribution in [1.29, 1.82) is 5.26 Å². The number of carbonyl (C=O) groups excluding carboxylic acids is 1. The lowest BCUT2D eigenvalue weighted by Gasteiger charge is -2.23. The Bertz CT molecular complexity index is 670. The Morgan fingerprint density at radius 2 is 1.88 bits per heavy atom. The van der Waals surface area contributed by atoms with Crippen molar-refractivity contribution >= 4 is 5.91 Å². The van der Waals surface area contributed by atoms with Crippen molar-refractivity contribution in [2.45, 2.75) is 58.3 Å². The van der Waals surface area contributed by atoms with Crippen molar-refractivity contribution in [3.8, 4) is 11.9 Å². The van der Waals surface area contributed by atoms with Crippen LogP contribution < -0.4 is 4.74 Å². The third-order valence-corrected chi connectivity index (χ3v) is 4.96. The molecule has 1 aromatic heterocycles. The molecule has 1 saturated heterocycles. The number of likely N-dealkylation sites (tertiary alicyclic amines) is 1. The molecule has 0 unspecified atom stereocenters. The number of aromatic nitrogens is 1. The average molecular weight is 327 g/mol. The molecule has 1 fully saturated rings. The van der Waals surface area contributed by atoms with E-state index in [1.54, 1.807) is 0 Å². The molecule has 1 aliphatic heterocycles. The predicted molar refractivity (Wildman–Crippen MR) is 91.0 cm³/mol. The van der Waals surface area contributed by atoms with Crippen LogP contribution in [0.25, 0.3) is 0 Å². The molecule has 1 aromatic rings. The summed E-state index contributed by atoms with van der Waals surface area (Å²) in [6.45, 7) is 5.81. The number of pyridine rings is 1. The lowest BCUT2D eigenvalue weighted by atomic mass is 9.85. The summed E-state index contributed by atoms with van der Waals surface area (Å²) in [6, 6.07) is 2.27. The van der Waals surface area contributed by atoms with E-state index in [9.17, 15) is 10.1 Å². The Labute approximate surface area is 143 Å². The van der Waals surface area contributed by atoms with Gasteiger partial charge in [-0.1, -0.05) is 13.8 Å². The molecular formula is C19H25N3O2. The number of fused-ring (bicyclic) bond motifs is 1. The fraction of sp³-hybridized carbons (Fsp3) is 0.632. The lowest BCUT2D eigenvalue weighted by molar-refractivity contribution is -0.132. The number of hydrogen-bond donors (Lipinski definition) is 0. The van der Waals surface area contributed by atoms with E-state index in [1.807, 2.05) is 4.90 Å². The molecule has 0 saturated carbocycles. The first-order valence-corrected chi connectivity index (χ1v) is 8.98. The van der Waals surface area contributed by atoms with Crippen LogP contribution in [0.4, 0.5) is 0 Å².